The number of nitrogens with one attached hydrogen (secondary N) is 1. The molecule has 1 N–H and O–H groups in total. The molecule has 0 atom stereocenters. The van der Waals surface area contributed by atoms with Gasteiger partial charge < -0.3 is 14.6 Å². The SMILES string of the molecule is Cc1cc(NC(=O)COC(=O)CCS(=O)(=O)c2ccccc2Cl)no1. The Morgan fingerprint density at radius 2 is 2.04 bits per heavy atom. The fourth-order valence-electron chi connectivity index (χ4n) is 1.85. The van der Waals surface area contributed by atoms with Gasteiger partial charge in [0, 0.05) is 6.07 Å². The minimum Gasteiger partial charge on any atom is -0.456 e. The van der Waals surface area contributed by atoms with E-state index in [1.54, 1.807) is 13.0 Å². The smallest absolute Gasteiger partial charge is 0.307 e. The number of benzene rings is 1. The minimum absolute atomic E-state index is 0.0522. The lowest BCUT2D eigenvalue weighted by atomic mass is 10.4. The predicted molar refractivity (Wildman–Crippen MR) is 89.0 cm³/mol. The van der Waals surface area contributed by atoms with Crippen molar-refractivity contribution < 1.29 is 27.3 Å². The first-order chi connectivity index (χ1) is 11.8. The van der Waals surface area contributed by atoms with Gasteiger partial charge in [0.25, 0.3) is 5.91 Å². The molecule has 0 unspecified atom stereocenters. The van der Waals surface area contributed by atoms with Crippen molar-refractivity contribution in [3.05, 3.63) is 41.1 Å². The van der Waals surface area contributed by atoms with Crippen LogP contribution in [0, 0.1) is 6.92 Å². The molecule has 134 valence electrons. The van der Waals surface area contributed by atoms with Crippen molar-refractivity contribution in [3.63, 3.8) is 0 Å². The molecule has 2 aromatic rings. The Hall–Kier alpha value is -2.39. The number of hydrogen-bond acceptors (Lipinski definition) is 7. The van der Waals surface area contributed by atoms with E-state index in [4.69, 9.17) is 20.9 Å². The maximum atomic E-state index is 12.1. The van der Waals surface area contributed by atoms with Gasteiger partial charge >= 0.3 is 5.97 Å². The highest BCUT2D eigenvalue weighted by molar-refractivity contribution is 7.91. The number of anilines is 1. The zero-order valence-corrected chi connectivity index (χ0v) is 14.8. The standard InChI is InChI=1S/C15H15ClN2O6S/c1-10-8-13(18-24-10)17-14(19)9-23-15(20)6-7-25(21,22)12-5-3-2-4-11(12)16/h2-5,8H,6-7,9H2,1H3,(H,17,18,19). The highest BCUT2D eigenvalue weighted by atomic mass is 35.5. The molecule has 0 spiro atoms. The zero-order valence-electron chi connectivity index (χ0n) is 13.2. The lowest BCUT2D eigenvalue weighted by molar-refractivity contribution is -0.146. The molecular weight excluding hydrogens is 372 g/mol. The molecular formula is C15H15ClN2O6S. The van der Waals surface area contributed by atoms with Crippen LogP contribution < -0.4 is 5.32 Å². The van der Waals surface area contributed by atoms with Crippen molar-refractivity contribution in [1.82, 2.24) is 5.16 Å². The van der Waals surface area contributed by atoms with E-state index in [0.717, 1.165) is 0 Å². The lowest BCUT2D eigenvalue weighted by Gasteiger charge is -2.07. The average Bonchev–Trinajstić information content (AvgIpc) is 2.96. The third kappa shape index (κ3) is 5.57. The Labute approximate surface area is 149 Å². The summed E-state index contributed by atoms with van der Waals surface area (Å²) >= 11 is 5.84. The predicted octanol–water partition coefficient (Wildman–Crippen LogP) is 1.98. The molecule has 0 aliphatic heterocycles. The number of esters is 1. The molecule has 10 heteroatoms. The summed E-state index contributed by atoms with van der Waals surface area (Å²) in [5.41, 5.74) is 0. The van der Waals surface area contributed by atoms with E-state index in [0.29, 0.717) is 5.76 Å². The summed E-state index contributed by atoms with van der Waals surface area (Å²) in [6.07, 6.45) is -0.399. The first-order valence-electron chi connectivity index (χ1n) is 7.14. The van der Waals surface area contributed by atoms with Gasteiger partial charge in [0.15, 0.2) is 22.3 Å². The minimum atomic E-state index is -3.73. The topological polar surface area (TPSA) is 116 Å². The lowest BCUT2D eigenvalue weighted by Crippen LogP contribution is -2.22. The van der Waals surface area contributed by atoms with Crippen molar-refractivity contribution in [2.75, 3.05) is 17.7 Å². The molecule has 1 amide bonds. The molecule has 1 heterocycles. The summed E-state index contributed by atoms with van der Waals surface area (Å²) in [5.74, 6) is -1.20. The molecule has 25 heavy (non-hydrogen) atoms. The van der Waals surface area contributed by atoms with Gasteiger partial charge in [0.1, 0.15) is 5.76 Å². The Bertz CT molecular complexity index is 878. The van der Waals surface area contributed by atoms with Gasteiger partial charge in [-0.3, -0.25) is 9.59 Å². The van der Waals surface area contributed by atoms with Crippen molar-refractivity contribution in [1.29, 1.82) is 0 Å². The molecule has 0 saturated carbocycles. The third-order valence-electron chi connectivity index (χ3n) is 3.01. The van der Waals surface area contributed by atoms with Crippen LogP contribution in [0.1, 0.15) is 12.2 Å². The molecule has 0 fully saturated rings. The van der Waals surface area contributed by atoms with E-state index in [1.807, 2.05) is 0 Å². The highest BCUT2D eigenvalue weighted by Crippen LogP contribution is 2.22. The van der Waals surface area contributed by atoms with Crippen molar-refractivity contribution in [3.8, 4) is 0 Å². The number of aromatic nitrogens is 1. The molecule has 1 aromatic carbocycles. The van der Waals surface area contributed by atoms with Crippen LogP contribution in [0.25, 0.3) is 0 Å². The number of carbonyl (C=O) groups excluding carboxylic acids is 2. The number of ether oxygens (including phenoxy) is 1. The maximum Gasteiger partial charge on any atom is 0.307 e. The van der Waals surface area contributed by atoms with Crippen molar-refractivity contribution >= 4 is 39.1 Å². The maximum absolute atomic E-state index is 12.1. The Kier molecular flexibility index (Phi) is 6.16. The summed E-state index contributed by atoms with van der Waals surface area (Å²) < 4.78 is 33.8. The number of sulfone groups is 1. The van der Waals surface area contributed by atoms with Gasteiger partial charge in [-0.2, -0.15) is 0 Å². The van der Waals surface area contributed by atoms with Gasteiger partial charge in [-0.05, 0) is 19.1 Å². The van der Waals surface area contributed by atoms with Gasteiger partial charge in [-0.15, -0.1) is 0 Å². The second-order valence-corrected chi connectivity index (χ2v) is 7.52. The number of amides is 1. The summed E-state index contributed by atoms with van der Waals surface area (Å²) in [4.78, 5) is 23.2. The molecule has 0 bridgehead atoms. The van der Waals surface area contributed by atoms with Gasteiger partial charge in [-0.25, -0.2) is 8.42 Å². The second kappa shape index (κ2) is 8.13. The zero-order chi connectivity index (χ0) is 18.4. The molecule has 2 rings (SSSR count). The number of aryl methyl sites for hydroxylation is 1. The number of hydrogen-bond donors (Lipinski definition) is 1. The van der Waals surface area contributed by atoms with Crippen LogP contribution >= 0.6 is 11.6 Å². The first-order valence-corrected chi connectivity index (χ1v) is 9.17. The molecule has 1 aromatic heterocycles. The van der Waals surface area contributed by atoms with Crippen LogP contribution in [-0.2, 0) is 24.2 Å². The Morgan fingerprint density at radius 3 is 2.68 bits per heavy atom. The monoisotopic (exact) mass is 386 g/mol. The Balaban J connectivity index is 1.80. The van der Waals surface area contributed by atoms with Crippen LogP contribution in [0.3, 0.4) is 0 Å². The van der Waals surface area contributed by atoms with Crippen LogP contribution in [0.5, 0.6) is 0 Å². The van der Waals surface area contributed by atoms with E-state index in [2.05, 4.69) is 10.5 Å². The van der Waals surface area contributed by atoms with Crippen molar-refractivity contribution in [2.45, 2.75) is 18.2 Å². The average molecular weight is 387 g/mol. The highest BCUT2D eigenvalue weighted by Gasteiger charge is 2.20. The second-order valence-electron chi connectivity index (χ2n) is 5.03. The van der Waals surface area contributed by atoms with Crippen LogP contribution in [0.2, 0.25) is 5.02 Å². The van der Waals surface area contributed by atoms with E-state index in [1.165, 1.54) is 24.3 Å². The molecule has 8 nitrogen and oxygen atoms in total. The largest absolute Gasteiger partial charge is 0.456 e. The van der Waals surface area contributed by atoms with Gasteiger partial charge in [-0.1, -0.05) is 28.9 Å². The summed E-state index contributed by atoms with van der Waals surface area (Å²) in [7, 11) is -3.73. The van der Waals surface area contributed by atoms with Gasteiger partial charge in [0.2, 0.25) is 0 Å². The van der Waals surface area contributed by atoms with E-state index in [-0.39, 0.29) is 15.7 Å². The van der Waals surface area contributed by atoms with Crippen molar-refractivity contribution in [2.24, 2.45) is 0 Å². The summed E-state index contributed by atoms with van der Waals surface area (Å²) in [5, 5.41) is 6.00. The number of carbonyl (C=O) groups is 2. The molecule has 0 radical (unpaired) electrons. The Morgan fingerprint density at radius 1 is 1.32 bits per heavy atom. The molecule has 0 saturated heterocycles. The fourth-order valence-corrected chi connectivity index (χ4v) is 3.64. The number of rotatable bonds is 7. The molecule has 0 aliphatic carbocycles. The number of nitrogens with zero attached hydrogens (tertiary/aromatic N) is 1. The van der Waals surface area contributed by atoms with E-state index < -0.39 is 40.5 Å². The third-order valence-corrected chi connectivity index (χ3v) is 5.22. The first kappa shape index (κ1) is 18.9. The number of halogens is 1. The summed E-state index contributed by atoms with van der Waals surface area (Å²) in [6, 6.07) is 7.44. The van der Waals surface area contributed by atoms with Crippen LogP contribution in [-0.4, -0.2) is 37.8 Å². The van der Waals surface area contributed by atoms with E-state index >= 15 is 0 Å². The fraction of sp³-hybridized carbons (Fsp3) is 0.267. The van der Waals surface area contributed by atoms with E-state index in [9.17, 15) is 18.0 Å². The van der Waals surface area contributed by atoms with Crippen LogP contribution in [0.4, 0.5) is 5.82 Å². The normalized spacial score (nSPS) is 11.1. The quantitative estimate of drug-likeness (QED) is 0.723. The van der Waals surface area contributed by atoms with Crippen LogP contribution in [0.15, 0.2) is 39.8 Å². The summed E-state index contributed by atoms with van der Waals surface area (Å²) in [6.45, 7) is 1.10. The van der Waals surface area contributed by atoms with Gasteiger partial charge in [0.05, 0.1) is 22.1 Å². The molecule has 0 aliphatic rings.